The predicted octanol–water partition coefficient (Wildman–Crippen LogP) is 2.44. The monoisotopic (exact) mass is 235 g/mol. The van der Waals surface area contributed by atoms with Gasteiger partial charge in [0.25, 0.3) is 0 Å². The zero-order valence-electron chi connectivity index (χ0n) is 11.4. The minimum absolute atomic E-state index is 0.719. The van der Waals surface area contributed by atoms with Crippen LogP contribution in [0.25, 0.3) is 0 Å². The average Bonchev–Trinajstić information content (AvgIpc) is 2.53. The summed E-state index contributed by atoms with van der Waals surface area (Å²) < 4.78 is 2.05. The van der Waals surface area contributed by atoms with Crippen LogP contribution in [0.1, 0.15) is 43.5 Å². The van der Waals surface area contributed by atoms with Crippen LogP contribution in [0.15, 0.2) is 6.07 Å². The van der Waals surface area contributed by atoms with Gasteiger partial charge >= 0.3 is 0 Å². The van der Waals surface area contributed by atoms with Gasteiger partial charge < -0.3 is 5.32 Å². The van der Waals surface area contributed by atoms with Gasteiger partial charge in [0.15, 0.2) is 0 Å². The van der Waals surface area contributed by atoms with Crippen molar-refractivity contribution in [1.29, 1.82) is 0 Å². The summed E-state index contributed by atoms with van der Waals surface area (Å²) in [5.41, 5.74) is 2.53. The van der Waals surface area contributed by atoms with E-state index in [1.165, 1.54) is 44.2 Å². The Labute approximate surface area is 105 Å². The predicted molar refractivity (Wildman–Crippen MR) is 71.1 cm³/mol. The molecule has 1 aliphatic rings. The molecule has 1 fully saturated rings. The number of nitrogens with one attached hydrogen (secondary N) is 1. The summed E-state index contributed by atoms with van der Waals surface area (Å²) in [7, 11) is 4.16. The molecule has 1 aromatic rings. The van der Waals surface area contributed by atoms with Crippen LogP contribution >= 0.6 is 0 Å². The molecule has 1 aromatic heterocycles. The van der Waals surface area contributed by atoms with Crippen molar-refractivity contribution in [2.24, 2.45) is 13.0 Å². The second-order valence-electron chi connectivity index (χ2n) is 5.48. The van der Waals surface area contributed by atoms with Gasteiger partial charge in [0.05, 0.1) is 5.69 Å². The third-order valence-corrected chi connectivity index (χ3v) is 4.04. The zero-order valence-corrected chi connectivity index (χ0v) is 11.4. The highest BCUT2D eigenvalue weighted by atomic mass is 15.3. The third-order valence-electron chi connectivity index (χ3n) is 4.04. The Kier molecular flexibility index (Phi) is 4.21. The molecule has 2 rings (SSSR count). The van der Waals surface area contributed by atoms with E-state index in [9.17, 15) is 0 Å². The van der Waals surface area contributed by atoms with Gasteiger partial charge in [-0.15, -0.1) is 0 Å². The van der Waals surface area contributed by atoms with Crippen LogP contribution in [-0.4, -0.2) is 22.9 Å². The number of nitrogens with zero attached hydrogens (tertiary/aromatic N) is 2. The number of aryl methyl sites for hydroxylation is 2. The van der Waals surface area contributed by atoms with E-state index in [0.29, 0.717) is 0 Å². The summed E-state index contributed by atoms with van der Waals surface area (Å²) in [5, 5.41) is 7.90. The first kappa shape index (κ1) is 12.6. The minimum Gasteiger partial charge on any atom is -0.317 e. The highest BCUT2D eigenvalue weighted by Gasteiger charge is 2.20. The minimum atomic E-state index is 0.719. The molecule has 2 atom stereocenters. The van der Waals surface area contributed by atoms with Gasteiger partial charge in [-0.25, -0.2) is 0 Å². The van der Waals surface area contributed by atoms with E-state index in [4.69, 9.17) is 0 Å². The van der Waals surface area contributed by atoms with Crippen molar-refractivity contribution in [2.45, 2.75) is 51.5 Å². The van der Waals surface area contributed by atoms with Crippen LogP contribution in [0, 0.1) is 12.8 Å². The van der Waals surface area contributed by atoms with Crippen LogP contribution in [0.3, 0.4) is 0 Å². The lowest BCUT2D eigenvalue weighted by Crippen LogP contribution is -2.27. The SMILES string of the molecule is CNC1CCCCC(Cc2cc(C)nn2C)C1. The van der Waals surface area contributed by atoms with Crippen molar-refractivity contribution in [3.8, 4) is 0 Å². The van der Waals surface area contributed by atoms with Crippen LogP contribution < -0.4 is 5.32 Å². The molecule has 1 saturated carbocycles. The molecule has 0 amide bonds. The molecule has 2 unspecified atom stereocenters. The van der Waals surface area contributed by atoms with E-state index in [-0.39, 0.29) is 0 Å². The van der Waals surface area contributed by atoms with Gasteiger partial charge in [-0.1, -0.05) is 19.3 Å². The van der Waals surface area contributed by atoms with Crippen molar-refractivity contribution >= 4 is 0 Å². The fourth-order valence-electron chi connectivity index (χ4n) is 3.06. The Morgan fingerprint density at radius 3 is 2.82 bits per heavy atom. The van der Waals surface area contributed by atoms with E-state index in [0.717, 1.165) is 17.7 Å². The summed E-state index contributed by atoms with van der Waals surface area (Å²) in [6.45, 7) is 2.08. The fourth-order valence-corrected chi connectivity index (χ4v) is 3.06. The lowest BCUT2D eigenvalue weighted by atomic mass is 9.93. The Morgan fingerprint density at radius 1 is 1.41 bits per heavy atom. The first-order chi connectivity index (χ1) is 8.19. The molecule has 0 saturated heterocycles. The largest absolute Gasteiger partial charge is 0.317 e. The Balaban J connectivity index is 1.99. The first-order valence-corrected chi connectivity index (χ1v) is 6.86. The van der Waals surface area contributed by atoms with E-state index >= 15 is 0 Å². The lowest BCUT2D eigenvalue weighted by Gasteiger charge is -2.19. The molecule has 1 aliphatic carbocycles. The van der Waals surface area contributed by atoms with Crippen LogP contribution in [0.5, 0.6) is 0 Å². The number of aromatic nitrogens is 2. The van der Waals surface area contributed by atoms with Crippen LogP contribution in [0.4, 0.5) is 0 Å². The Morgan fingerprint density at radius 2 is 2.18 bits per heavy atom. The maximum Gasteiger partial charge on any atom is 0.0596 e. The van der Waals surface area contributed by atoms with Crippen molar-refractivity contribution < 1.29 is 0 Å². The molecule has 0 radical (unpaired) electrons. The summed E-state index contributed by atoms with van der Waals surface area (Å²) in [4.78, 5) is 0. The molecule has 96 valence electrons. The van der Waals surface area contributed by atoms with E-state index in [2.05, 4.69) is 42.2 Å². The lowest BCUT2D eigenvalue weighted by molar-refractivity contribution is 0.393. The van der Waals surface area contributed by atoms with Crippen molar-refractivity contribution in [2.75, 3.05) is 7.05 Å². The normalized spacial score (nSPS) is 25.8. The van der Waals surface area contributed by atoms with Crippen molar-refractivity contribution in [3.63, 3.8) is 0 Å². The molecule has 1 N–H and O–H groups in total. The standard InChI is InChI=1S/C14H25N3/c1-11-8-14(17(3)16-11)10-12-6-4-5-7-13(9-12)15-2/h8,12-13,15H,4-7,9-10H2,1-3H3. The molecule has 0 aromatic carbocycles. The molecule has 0 bridgehead atoms. The number of hydrogen-bond donors (Lipinski definition) is 1. The van der Waals surface area contributed by atoms with Crippen LogP contribution in [-0.2, 0) is 13.5 Å². The zero-order chi connectivity index (χ0) is 12.3. The highest BCUT2D eigenvalue weighted by Crippen LogP contribution is 2.26. The van der Waals surface area contributed by atoms with Crippen LogP contribution in [0.2, 0.25) is 0 Å². The van der Waals surface area contributed by atoms with Gasteiger partial charge in [-0.05, 0) is 45.2 Å². The second kappa shape index (κ2) is 5.67. The molecule has 17 heavy (non-hydrogen) atoms. The van der Waals surface area contributed by atoms with E-state index < -0.39 is 0 Å². The van der Waals surface area contributed by atoms with E-state index in [1.807, 2.05) is 0 Å². The maximum atomic E-state index is 4.44. The molecule has 3 heteroatoms. The summed E-state index contributed by atoms with van der Waals surface area (Å²) >= 11 is 0. The van der Waals surface area contributed by atoms with Gasteiger partial charge in [0.2, 0.25) is 0 Å². The molecule has 1 heterocycles. The fraction of sp³-hybridized carbons (Fsp3) is 0.786. The van der Waals surface area contributed by atoms with Gasteiger partial charge in [-0.2, -0.15) is 5.10 Å². The Bertz CT molecular complexity index is 356. The molecular formula is C14H25N3. The van der Waals surface area contributed by atoms with E-state index in [1.54, 1.807) is 0 Å². The highest BCUT2D eigenvalue weighted by molar-refractivity contribution is 5.09. The van der Waals surface area contributed by atoms with Gasteiger partial charge in [0, 0.05) is 18.8 Å². The van der Waals surface area contributed by atoms with Crippen molar-refractivity contribution in [1.82, 2.24) is 15.1 Å². The average molecular weight is 235 g/mol. The molecule has 3 nitrogen and oxygen atoms in total. The summed E-state index contributed by atoms with van der Waals surface area (Å²) in [6.07, 6.45) is 8.00. The number of hydrogen-bond acceptors (Lipinski definition) is 2. The number of rotatable bonds is 3. The summed E-state index contributed by atoms with van der Waals surface area (Å²) in [5.74, 6) is 0.824. The maximum absolute atomic E-state index is 4.44. The molecule has 0 spiro atoms. The smallest absolute Gasteiger partial charge is 0.0596 e. The molecular weight excluding hydrogens is 210 g/mol. The first-order valence-electron chi connectivity index (χ1n) is 6.86. The second-order valence-corrected chi connectivity index (χ2v) is 5.48. The van der Waals surface area contributed by atoms with Gasteiger partial charge in [0.1, 0.15) is 0 Å². The quantitative estimate of drug-likeness (QED) is 0.816. The topological polar surface area (TPSA) is 29.9 Å². The third kappa shape index (κ3) is 3.32. The van der Waals surface area contributed by atoms with Gasteiger partial charge in [-0.3, -0.25) is 4.68 Å². The summed E-state index contributed by atoms with van der Waals surface area (Å²) in [6, 6.07) is 2.95. The molecule has 0 aliphatic heterocycles. The Hall–Kier alpha value is -0.830. The van der Waals surface area contributed by atoms with Crippen molar-refractivity contribution in [3.05, 3.63) is 17.5 Å².